The van der Waals surface area contributed by atoms with Gasteiger partial charge in [0.2, 0.25) is 5.91 Å². The summed E-state index contributed by atoms with van der Waals surface area (Å²) >= 11 is 1.83. The number of nitrogens with one attached hydrogen (secondary N) is 1. The van der Waals surface area contributed by atoms with Gasteiger partial charge in [0.05, 0.1) is 5.92 Å². The Labute approximate surface area is 143 Å². The van der Waals surface area contributed by atoms with Crippen molar-refractivity contribution in [2.45, 2.75) is 43.0 Å². The highest BCUT2D eigenvalue weighted by atomic mass is 35.5. The number of hydrogen-bond acceptors (Lipinski definition) is 3. The molecular weight excluding hydrogens is 316 g/mol. The van der Waals surface area contributed by atoms with Crippen LogP contribution in [0, 0.1) is 0 Å². The summed E-state index contributed by atoms with van der Waals surface area (Å²) in [6.07, 6.45) is 3.22. The summed E-state index contributed by atoms with van der Waals surface area (Å²) in [5.74, 6) is 1.32. The Morgan fingerprint density at radius 2 is 2.05 bits per heavy atom. The van der Waals surface area contributed by atoms with E-state index in [1.54, 1.807) is 0 Å². The lowest BCUT2D eigenvalue weighted by Gasteiger charge is -2.36. The highest BCUT2D eigenvalue weighted by Gasteiger charge is 2.34. The molecule has 5 heteroatoms. The van der Waals surface area contributed by atoms with E-state index >= 15 is 0 Å². The molecule has 122 valence electrons. The molecule has 1 fully saturated rings. The quantitative estimate of drug-likeness (QED) is 0.912. The third-order valence-electron chi connectivity index (χ3n) is 4.50. The van der Waals surface area contributed by atoms with Gasteiger partial charge < -0.3 is 10.2 Å². The standard InChI is InChI=1S/C17H24N2OS.ClH/c1-2-11-19(13-7-9-18-10-8-13)17(20)15-12-21-16-6-4-3-5-14(15)16;/h3-6,13,15,18H,2,7-12H2,1H3;1H. The van der Waals surface area contributed by atoms with Gasteiger partial charge in [0.15, 0.2) is 0 Å². The van der Waals surface area contributed by atoms with Gasteiger partial charge in [-0.15, -0.1) is 24.2 Å². The van der Waals surface area contributed by atoms with Crippen molar-refractivity contribution in [3.8, 4) is 0 Å². The lowest BCUT2D eigenvalue weighted by atomic mass is 9.97. The second-order valence-electron chi connectivity index (χ2n) is 5.91. The van der Waals surface area contributed by atoms with Crippen LogP contribution in [0.4, 0.5) is 0 Å². The monoisotopic (exact) mass is 340 g/mol. The van der Waals surface area contributed by atoms with Crippen LogP contribution in [0.1, 0.15) is 37.7 Å². The van der Waals surface area contributed by atoms with Gasteiger partial charge in [0.1, 0.15) is 0 Å². The molecule has 1 amide bonds. The molecule has 0 saturated carbocycles. The molecular formula is C17H25ClN2OS. The van der Waals surface area contributed by atoms with Gasteiger partial charge in [-0.2, -0.15) is 0 Å². The van der Waals surface area contributed by atoms with Gasteiger partial charge in [-0.1, -0.05) is 25.1 Å². The molecule has 2 heterocycles. The zero-order valence-corrected chi connectivity index (χ0v) is 14.7. The summed E-state index contributed by atoms with van der Waals surface area (Å²) in [5.41, 5.74) is 1.24. The number of piperidine rings is 1. The minimum atomic E-state index is 0. The number of benzene rings is 1. The van der Waals surface area contributed by atoms with Crippen LogP contribution in [0.2, 0.25) is 0 Å². The van der Waals surface area contributed by atoms with Gasteiger partial charge in [-0.3, -0.25) is 4.79 Å². The smallest absolute Gasteiger partial charge is 0.231 e. The maximum Gasteiger partial charge on any atom is 0.231 e. The van der Waals surface area contributed by atoms with E-state index in [1.165, 1.54) is 10.5 Å². The first-order valence-electron chi connectivity index (χ1n) is 8.04. The fourth-order valence-corrected chi connectivity index (χ4v) is 4.62. The van der Waals surface area contributed by atoms with Gasteiger partial charge in [-0.25, -0.2) is 0 Å². The lowest BCUT2D eigenvalue weighted by molar-refractivity contribution is -0.135. The SMILES string of the molecule is CCCN(C(=O)C1CSc2ccccc21)C1CCNCC1.Cl. The second kappa shape index (κ2) is 8.23. The van der Waals surface area contributed by atoms with E-state index in [0.717, 1.165) is 44.6 Å². The van der Waals surface area contributed by atoms with Crippen molar-refractivity contribution in [1.82, 2.24) is 10.2 Å². The average Bonchev–Trinajstić information content (AvgIpc) is 2.97. The second-order valence-corrected chi connectivity index (χ2v) is 6.98. The first-order valence-corrected chi connectivity index (χ1v) is 9.02. The van der Waals surface area contributed by atoms with Crippen molar-refractivity contribution in [2.75, 3.05) is 25.4 Å². The number of fused-ring (bicyclic) bond motifs is 1. The van der Waals surface area contributed by atoms with Crippen molar-refractivity contribution < 1.29 is 4.79 Å². The molecule has 1 N–H and O–H groups in total. The third-order valence-corrected chi connectivity index (χ3v) is 5.68. The summed E-state index contributed by atoms with van der Waals surface area (Å²) in [7, 11) is 0. The molecule has 0 radical (unpaired) electrons. The highest BCUT2D eigenvalue weighted by Crippen LogP contribution is 2.40. The molecule has 2 aliphatic heterocycles. The zero-order valence-electron chi connectivity index (χ0n) is 13.1. The van der Waals surface area contributed by atoms with E-state index in [2.05, 4.69) is 41.4 Å². The van der Waals surface area contributed by atoms with E-state index in [4.69, 9.17) is 0 Å². The third kappa shape index (κ3) is 3.61. The number of rotatable bonds is 4. The fourth-order valence-electron chi connectivity index (χ4n) is 3.40. The summed E-state index contributed by atoms with van der Waals surface area (Å²) in [6, 6.07) is 8.82. The number of carbonyl (C=O) groups is 1. The molecule has 0 spiro atoms. The summed E-state index contributed by atoms with van der Waals surface area (Å²) in [5, 5.41) is 3.39. The van der Waals surface area contributed by atoms with Crippen LogP contribution in [-0.2, 0) is 4.79 Å². The maximum absolute atomic E-state index is 13.1. The van der Waals surface area contributed by atoms with Gasteiger partial charge >= 0.3 is 0 Å². The van der Waals surface area contributed by atoms with Crippen LogP contribution in [0.25, 0.3) is 0 Å². The van der Waals surface area contributed by atoms with Crippen LogP contribution >= 0.6 is 24.2 Å². The molecule has 0 bridgehead atoms. The molecule has 1 aromatic carbocycles. The Balaban J connectivity index is 0.00000176. The van der Waals surface area contributed by atoms with E-state index in [9.17, 15) is 4.79 Å². The minimum absolute atomic E-state index is 0. The van der Waals surface area contributed by atoms with E-state index < -0.39 is 0 Å². The first kappa shape index (κ1) is 17.6. The molecule has 22 heavy (non-hydrogen) atoms. The fraction of sp³-hybridized carbons (Fsp3) is 0.588. The molecule has 3 nitrogen and oxygen atoms in total. The van der Waals surface area contributed by atoms with Crippen LogP contribution in [0.5, 0.6) is 0 Å². The summed E-state index contributed by atoms with van der Waals surface area (Å²) < 4.78 is 0. The van der Waals surface area contributed by atoms with Crippen LogP contribution in [-0.4, -0.2) is 42.2 Å². The molecule has 1 atom stereocenters. The number of carbonyl (C=O) groups excluding carboxylic acids is 1. The number of nitrogens with zero attached hydrogens (tertiary/aromatic N) is 1. The molecule has 1 unspecified atom stereocenters. The summed E-state index contributed by atoms with van der Waals surface area (Å²) in [6.45, 7) is 5.13. The molecule has 1 saturated heterocycles. The molecule has 2 aliphatic rings. The Bertz CT molecular complexity index is 505. The Morgan fingerprint density at radius 1 is 1.32 bits per heavy atom. The molecule has 1 aromatic rings. The summed E-state index contributed by atoms with van der Waals surface area (Å²) in [4.78, 5) is 16.6. The predicted octanol–water partition coefficient (Wildman–Crippen LogP) is 3.29. The Morgan fingerprint density at radius 3 is 2.77 bits per heavy atom. The molecule has 0 aliphatic carbocycles. The highest BCUT2D eigenvalue weighted by molar-refractivity contribution is 7.99. The Kier molecular flexibility index (Phi) is 6.60. The van der Waals surface area contributed by atoms with E-state index in [-0.39, 0.29) is 18.3 Å². The number of hydrogen-bond donors (Lipinski definition) is 1. The van der Waals surface area contributed by atoms with E-state index in [0.29, 0.717) is 11.9 Å². The van der Waals surface area contributed by atoms with E-state index in [1.807, 2.05) is 11.8 Å². The number of amides is 1. The van der Waals surface area contributed by atoms with Gasteiger partial charge in [-0.05, 0) is 44.0 Å². The first-order chi connectivity index (χ1) is 10.3. The number of thioether (sulfide) groups is 1. The molecule has 3 rings (SSSR count). The molecule has 0 aromatic heterocycles. The van der Waals surface area contributed by atoms with Crippen LogP contribution in [0.15, 0.2) is 29.2 Å². The lowest BCUT2D eigenvalue weighted by Crippen LogP contribution is -2.48. The largest absolute Gasteiger partial charge is 0.339 e. The number of halogens is 1. The van der Waals surface area contributed by atoms with Gasteiger partial charge in [0.25, 0.3) is 0 Å². The van der Waals surface area contributed by atoms with Gasteiger partial charge in [0, 0.05) is 23.2 Å². The van der Waals surface area contributed by atoms with Crippen molar-refractivity contribution in [3.63, 3.8) is 0 Å². The minimum Gasteiger partial charge on any atom is -0.339 e. The van der Waals surface area contributed by atoms with Crippen molar-refractivity contribution in [3.05, 3.63) is 29.8 Å². The Hall–Kier alpha value is -0.710. The average molecular weight is 341 g/mol. The van der Waals surface area contributed by atoms with Crippen LogP contribution in [0.3, 0.4) is 0 Å². The normalized spacial score (nSPS) is 21.0. The van der Waals surface area contributed by atoms with Crippen molar-refractivity contribution in [1.29, 1.82) is 0 Å². The maximum atomic E-state index is 13.1. The predicted molar refractivity (Wildman–Crippen MR) is 95.1 cm³/mol. The zero-order chi connectivity index (χ0) is 14.7. The van der Waals surface area contributed by atoms with Crippen molar-refractivity contribution >= 4 is 30.1 Å². The van der Waals surface area contributed by atoms with Crippen molar-refractivity contribution in [2.24, 2.45) is 0 Å². The topological polar surface area (TPSA) is 32.3 Å². The van der Waals surface area contributed by atoms with Crippen LogP contribution < -0.4 is 5.32 Å².